The summed E-state index contributed by atoms with van der Waals surface area (Å²) in [7, 11) is 0. The Kier molecular flexibility index (Phi) is 5.33. The Morgan fingerprint density at radius 1 is 1.33 bits per heavy atom. The summed E-state index contributed by atoms with van der Waals surface area (Å²) in [6, 6.07) is 3.84. The van der Waals surface area contributed by atoms with E-state index < -0.39 is 23.4 Å². The van der Waals surface area contributed by atoms with Gasteiger partial charge < -0.3 is 15.2 Å². The minimum absolute atomic E-state index is 0.198. The van der Waals surface area contributed by atoms with Crippen molar-refractivity contribution in [3.8, 4) is 5.75 Å². The van der Waals surface area contributed by atoms with E-state index in [0.717, 1.165) is 25.3 Å². The molecule has 3 rings (SSSR count). The third kappa shape index (κ3) is 3.88. The highest BCUT2D eigenvalue weighted by molar-refractivity contribution is 5.96. The summed E-state index contributed by atoms with van der Waals surface area (Å²) < 4.78 is 20.7. The van der Waals surface area contributed by atoms with Gasteiger partial charge in [0.25, 0.3) is 5.91 Å². The monoisotopic (exact) mass is 377 g/mol. The van der Waals surface area contributed by atoms with Crippen LogP contribution in [0.5, 0.6) is 5.75 Å². The van der Waals surface area contributed by atoms with E-state index in [4.69, 9.17) is 9.84 Å². The molecule has 0 saturated heterocycles. The number of nitrogens with one attached hydrogen (secondary N) is 1. The molecule has 2 aromatic rings. The van der Waals surface area contributed by atoms with E-state index in [1.807, 2.05) is 0 Å². The van der Waals surface area contributed by atoms with Gasteiger partial charge >= 0.3 is 5.97 Å². The highest BCUT2D eigenvalue weighted by Crippen LogP contribution is 2.35. The number of halogens is 1. The van der Waals surface area contributed by atoms with Gasteiger partial charge in [0.2, 0.25) is 0 Å². The fraction of sp³-hybridized carbons (Fsp3) is 0.471. The number of carbonyl (C=O) groups is 2. The molecular weight excluding hydrogens is 357 g/mol. The topological polar surface area (TPSA) is 119 Å². The summed E-state index contributed by atoms with van der Waals surface area (Å²) in [4.78, 5) is 23.8. The first kappa shape index (κ1) is 18.7. The molecule has 0 bridgehead atoms. The van der Waals surface area contributed by atoms with Crippen LogP contribution in [0.25, 0.3) is 0 Å². The smallest absolute Gasteiger partial charge is 0.344 e. The first-order valence-electron chi connectivity index (χ1n) is 8.66. The molecule has 1 saturated carbocycles. The number of aromatic nitrogens is 4. The van der Waals surface area contributed by atoms with E-state index >= 15 is 0 Å². The molecule has 1 aromatic heterocycles. The summed E-state index contributed by atoms with van der Waals surface area (Å²) in [5.74, 6) is -2.48. The fourth-order valence-corrected chi connectivity index (χ4v) is 3.22. The Morgan fingerprint density at radius 3 is 2.67 bits per heavy atom. The predicted octanol–water partition coefficient (Wildman–Crippen LogP) is 1.96. The molecule has 1 fully saturated rings. The van der Waals surface area contributed by atoms with Gasteiger partial charge in [0, 0.05) is 11.8 Å². The van der Waals surface area contributed by atoms with Crippen LogP contribution in [0.3, 0.4) is 0 Å². The highest BCUT2D eigenvalue weighted by atomic mass is 19.1. The van der Waals surface area contributed by atoms with Crippen molar-refractivity contribution in [2.45, 2.75) is 50.7 Å². The fourth-order valence-electron chi connectivity index (χ4n) is 3.22. The maximum atomic E-state index is 14.2. The van der Waals surface area contributed by atoms with Gasteiger partial charge in [-0.25, -0.2) is 13.9 Å². The van der Waals surface area contributed by atoms with Crippen molar-refractivity contribution in [1.82, 2.24) is 20.2 Å². The lowest BCUT2D eigenvalue weighted by atomic mass is 9.81. The highest BCUT2D eigenvalue weighted by Gasteiger charge is 2.42. The third-order valence-corrected chi connectivity index (χ3v) is 4.73. The summed E-state index contributed by atoms with van der Waals surface area (Å²) in [5.41, 5.74) is -0.670. The largest absolute Gasteiger partial charge is 0.479 e. The molecule has 1 heterocycles. The van der Waals surface area contributed by atoms with E-state index in [9.17, 15) is 14.0 Å². The molecule has 1 atom stereocenters. The second-order valence-electron chi connectivity index (χ2n) is 6.54. The average Bonchev–Trinajstić information content (AvgIpc) is 3.19. The molecule has 0 radical (unpaired) electrons. The lowest BCUT2D eigenvalue weighted by molar-refractivity contribution is -0.144. The third-order valence-electron chi connectivity index (χ3n) is 4.73. The Morgan fingerprint density at radius 2 is 2.07 bits per heavy atom. The Bertz CT molecular complexity index is 821. The van der Waals surface area contributed by atoms with Crippen LogP contribution in [0, 0.1) is 5.82 Å². The van der Waals surface area contributed by atoms with Crippen LogP contribution in [0.2, 0.25) is 0 Å². The van der Waals surface area contributed by atoms with Crippen molar-refractivity contribution in [1.29, 1.82) is 0 Å². The lowest BCUT2D eigenvalue weighted by Crippen LogP contribution is -2.47. The summed E-state index contributed by atoms with van der Waals surface area (Å²) in [6.07, 6.45) is 4.15. The van der Waals surface area contributed by atoms with Crippen molar-refractivity contribution in [3.05, 3.63) is 30.3 Å². The van der Waals surface area contributed by atoms with Gasteiger partial charge in [0.05, 0.1) is 0 Å². The molecule has 1 aliphatic rings. The zero-order valence-electron chi connectivity index (χ0n) is 14.8. The van der Waals surface area contributed by atoms with Crippen LogP contribution in [0.1, 0.15) is 39.0 Å². The minimum atomic E-state index is -1.20. The molecule has 144 valence electrons. The van der Waals surface area contributed by atoms with Crippen molar-refractivity contribution in [3.63, 3.8) is 0 Å². The zero-order valence-corrected chi connectivity index (χ0v) is 14.8. The standard InChI is InChI=1S/C17H20FN5O4/c1-11(15(24)25)27-14-6-5-12(9-13(14)18)20-16(26)17(7-3-2-4-8-17)23-10-19-21-22-23/h5-6,9-11H,2-4,7-8H2,1H3,(H,20,26)(H,24,25). The number of benzene rings is 1. The molecule has 1 unspecified atom stereocenters. The van der Waals surface area contributed by atoms with E-state index in [0.29, 0.717) is 12.8 Å². The molecule has 0 aliphatic heterocycles. The van der Waals surface area contributed by atoms with Gasteiger partial charge in [-0.1, -0.05) is 19.3 Å². The summed E-state index contributed by atoms with van der Waals surface area (Å²) in [5, 5.41) is 22.7. The number of carboxylic acids is 1. The number of ether oxygens (including phenoxy) is 1. The van der Waals surface area contributed by atoms with Gasteiger partial charge in [-0.3, -0.25) is 4.79 Å². The molecule has 1 aliphatic carbocycles. The average molecular weight is 377 g/mol. The number of hydrogen-bond acceptors (Lipinski definition) is 6. The van der Waals surface area contributed by atoms with Crippen LogP contribution < -0.4 is 10.1 Å². The summed E-state index contributed by atoms with van der Waals surface area (Å²) in [6.45, 7) is 1.30. The van der Waals surface area contributed by atoms with Gasteiger partial charge in [-0.15, -0.1) is 5.10 Å². The van der Waals surface area contributed by atoms with Gasteiger partial charge in [-0.05, 0) is 42.3 Å². The number of carboxylic acid groups (broad SMARTS) is 1. The number of rotatable bonds is 6. The number of anilines is 1. The van der Waals surface area contributed by atoms with Gasteiger partial charge in [0.15, 0.2) is 17.7 Å². The number of nitrogens with zero attached hydrogens (tertiary/aromatic N) is 4. The lowest BCUT2D eigenvalue weighted by Gasteiger charge is -2.35. The predicted molar refractivity (Wildman–Crippen MR) is 91.6 cm³/mol. The molecule has 27 heavy (non-hydrogen) atoms. The number of amides is 1. The molecule has 10 heteroatoms. The summed E-state index contributed by atoms with van der Waals surface area (Å²) >= 11 is 0. The molecule has 0 spiro atoms. The van der Waals surface area contributed by atoms with Crippen LogP contribution in [0.15, 0.2) is 24.5 Å². The first-order chi connectivity index (χ1) is 12.9. The second kappa shape index (κ2) is 7.68. The number of carbonyl (C=O) groups excluding carboxylic acids is 1. The van der Waals surface area contributed by atoms with Crippen molar-refractivity contribution in [2.75, 3.05) is 5.32 Å². The van der Waals surface area contributed by atoms with Crippen LogP contribution >= 0.6 is 0 Å². The maximum absolute atomic E-state index is 14.2. The Labute approximate surface area is 154 Å². The van der Waals surface area contributed by atoms with E-state index in [1.54, 1.807) is 0 Å². The molecule has 1 aromatic carbocycles. The van der Waals surface area contributed by atoms with Gasteiger partial charge in [-0.2, -0.15) is 0 Å². The molecule has 2 N–H and O–H groups in total. The van der Waals surface area contributed by atoms with Crippen molar-refractivity contribution >= 4 is 17.6 Å². The van der Waals surface area contributed by atoms with Crippen molar-refractivity contribution < 1.29 is 23.8 Å². The zero-order chi connectivity index (χ0) is 19.4. The number of aliphatic carboxylic acids is 1. The van der Waals surface area contributed by atoms with Crippen LogP contribution in [-0.4, -0.2) is 43.3 Å². The minimum Gasteiger partial charge on any atom is -0.479 e. The molecular formula is C17H20FN5O4. The van der Waals surface area contributed by atoms with E-state index in [-0.39, 0.29) is 17.3 Å². The van der Waals surface area contributed by atoms with Crippen LogP contribution in [-0.2, 0) is 15.1 Å². The number of tetrazole rings is 1. The first-order valence-corrected chi connectivity index (χ1v) is 8.66. The maximum Gasteiger partial charge on any atom is 0.344 e. The quantitative estimate of drug-likeness (QED) is 0.790. The molecule has 1 amide bonds. The number of hydrogen-bond donors (Lipinski definition) is 2. The second-order valence-corrected chi connectivity index (χ2v) is 6.54. The Balaban J connectivity index is 1.78. The van der Waals surface area contributed by atoms with Crippen molar-refractivity contribution in [2.24, 2.45) is 0 Å². The van der Waals surface area contributed by atoms with E-state index in [1.165, 1.54) is 30.1 Å². The Hall–Kier alpha value is -3.04. The van der Waals surface area contributed by atoms with E-state index in [2.05, 4.69) is 20.8 Å². The SMILES string of the molecule is CC(Oc1ccc(NC(=O)C2(n3cnnn3)CCCCC2)cc1F)C(=O)O. The van der Waals surface area contributed by atoms with Gasteiger partial charge in [0.1, 0.15) is 11.9 Å². The normalized spacial score (nSPS) is 17.1. The molecule has 9 nitrogen and oxygen atoms in total. The van der Waals surface area contributed by atoms with Crippen LogP contribution in [0.4, 0.5) is 10.1 Å².